The van der Waals surface area contributed by atoms with Crippen molar-refractivity contribution in [3.05, 3.63) is 21.9 Å². The van der Waals surface area contributed by atoms with Crippen LogP contribution in [-0.2, 0) is 11.3 Å². The average Bonchev–Trinajstić information content (AvgIpc) is 3.07. The number of carbonyl (C=O) groups excluding carboxylic acids is 1. The van der Waals surface area contributed by atoms with Crippen LogP contribution in [0.15, 0.2) is 12.1 Å². The molecule has 1 N–H and O–H groups in total. The minimum absolute atomic E-state index is 0.114. The Labute approximate surface area is 124 Å². The minimum Gasteiger partial charge on any atom is -0.384 e. The van der Waals surface area contributed by atoms with E-state index in [2.05, 4.69) is 11.8 Å². The molecule has 0 unspecified atom stereocenters. The number of aliphatic hydroxyl groups excluding tert-OH is 1. The zero-order valence-corrected chi connectivity index (χ0v) is 12.6. The second kappa shape index (κ2) is 7.44. The number of amides is 1. The molecule has 4 nitrogen and oxygen atoms in total. The highest BCUT2D eigenvalue weighted by Crippen LogP contribution is 2.17. The van der Waals surface area contributed by atoms with E-state index in [0.717, 1.165) is 37.4 Å². The number of aliphatic hydroxyl groups is 1. The van der Waals surface area contributed by atoms with E-state index < -0.39 is 0 Å². The lowest BCUT2D eigenvalue weighted by Gasteiger charge is -2.20. The van der Waals surface area contributed by atoms with Gasteiger partial charge in [-0.05, 0) is 32.0 Å². The molecule has 0 atom stereocenters. The standard InChI is InChI=1S/C15H20N2O2S/c1-16(12-15(19)17-8-2-3-9-17)11-14-7-6-13(20-14)5-4-10-18/h6-7,18H,2-3,8-12H2,1H3. The van der Waals surface area contributed by atoms with Gasteiger partial charge in [-0.15, -0.1) is 11.3 Å². The SMILES string of the molecule is CN(CC(=O)N1CCCC1)Cc1ccc(C#CCO)s1. The Hall–Kier alpha value is -1.35. The van der Waals surface area contributed by atoms with Crippen molar-refractivity contribution in [3.63, 3.8) is 0 Å². The van der Waals surface area contributed by atoms with Crippen molar-refractivity contribution in [2.45, 2.75) is 19.4 Å². The van der Waals surface area contributed by atoms with Gasteiger partial charge in [-0.3, -0.25) is 9.69 Å². The lowest BCUT2D eigenvalue weighted by Crippen LogP contribution is -2.36. The molecule has 0 aromatic carbocycles. The third kappa shape index (κ3) is 4.34. The highest BCUT2D eigenvalue weighted by atomic mass is 32.1. The van der Waals surface area contributed by atoms with Crippen LogP contribution in [0.3, 0.4) is 0 Å². The Kier molecular flexibility index (Phi) is 5.60. The quantitative estimate of drug-likeness (QED) is 0.847. The van der Waals surface area contributed by atoms with Gasteiger partial charge < -0.3 is 10.0 Å². The molecular formula is C15H20N2O2S. The lowest BCUT2D eigenvalue weighted by molar-refractivity contribution is -0.131. The van der Waals surface area contributed by atoms with Crippen LogP contribution < -0.4 is 0 Å². The van der Waals surface area contributed by atoms with Crippen molar-refractivity contribution < 1.29 is 9.90 Å². The molecule has 0 radical (unpaired) electrons. The first kappa shape index (κ1) is 15.0. The largest absolute Gasteiger partial charge is 0.384 e. The zero-order valence-electron chi connectivity index (χ0n) is 11.8. The van der Waals surface area contributed by atoms with Crippen molar-refractivity contribution in [1.29, 1.82) is 0 Å². The smallest absolute Gasteiger partial charge is 0.236 e. The summed E-state index contributed by atoms with van der Waals surface area (Å²) < 4.78 is 0. The monoisotopic (exact) mass is 292 g/mol. The number of thiophene rings is 1. The van der Waals surface area contributed by atoms with Crippen LogP contribution in [0.5, 0.6) is 0 Å². The van der Waals surface area contributed by atoms with Crippen LogP contribution >= 0.6 is 11.3 Å². The molecule has 1 aliphatic rings. The van der Waals surface area contributed by atoms with Gasteiger partial charge in [0.1, 0.15) is 6.61 Å². The van der Waals surface area contributed by atoms with Gasteiger partial charge in [0.15, 0.2) is 0 Å². The fourth-order valence-electron chi connectivity index (χ4n) is 2.28. The molecule has 1 fully saturated rings. The summed E-state index contributed by atoms with van der Waals surface area (Å²) in [6, 6.07) is 3.99. The van der Waals surface area contributed by atoms with E-state index >= 15 is 0 Å². The van der Waals surface area contributed by atoms with Gasteiger partial charge >= 0.3 is 0 Å². The summed E-state index contributed by atoms with van der Waals surface area (Å²) in [5.74, 6) is 5.76. The first-order chi connectivity index (χ1) is 9.69. The highest BCUT2D eigenvalue weighted by molar-refractivity contribution is 7.12. The number of hydrogen-bond acceptors (Lipinski definition) is 4. The summed E-state index contributed by atoms with van der Waals surface area (Å²) in [6.07, 6.45) is 2.26. The van der Waals surface area contributed by atoms with Crippen molar-refractivity contribution in [2.75, 3.05) is 33.3 Å². The molecule has 0 saturated carbocycles. The maximum atomic E-state index is 12.0. The van der Waals surface area contributed by atoms with E-state index in [0.29, 0.717) is 6.54 Å². The Morgan fingerprint density at radius 2 is 2.20 bits per heavy atom. The van der Waals surface area contributed by atoms with E-state index in [4.69, 9.17) is 5.11 Å². The maximum Gasteiger partial charge on any atom is 0.236 e. The Morgan fingerprint density at radius 1 is 1.45 bits per heavy atom. The number of rotatable bonds is 4. The highest BCUT2D eigenvalue weighted by Gasteiger charge is 2.19. The number of hydrogen-bond donors (Lipinski definition) is 1. The van der Waals surface area contributed by atoms with Crippen LogP contribution in [0.4, 0.5) is 0 Å². The van der Waals surface area contributed by atoms with Gasteiger partial charge in [-0.2, -0.15) is 0 Å². The van der Waals surface area contributed by atoms with Gasteiger partial charge in [-0.1, -0.05) is 11.8 Å². The van der Waals surface area contributed by atoms with E-state index in [1.165, 1.54) is 4.88 Å². The summed E-state index contributed by atoms with van der Waals surface area (Å²) in [4.78, 5) is 18.2. The van der Waals surface area contributed by atoms with Crippen molar-refractivity contribution in [1.82, 2.24) is 9.80 Å². The van der Waals surface area contributed by atoms with Gasteiger partial charge in [0.2, 0.25) is 5.91 Å². The average molecular weight is 292 g/mol. The van der Waals surface area contributed by atoms with Crippen LogP contribution in [0.2, 0.25) is 0 Å². The van der Waals surface area contributed by atoms with Crippen LogP contribution in [0.25, 0.3) is 0 Å². The summed E-state index contributed by atoms with van der Waals surface area (Å²) in [7, 11) is 1.97. The van der Waals surface area contributed by atoms with Gasteiger partial charge in [-0.25, -0.2) is 0 Å². The summed E-state index contributed by atoms with van der Waals surface area (Å²) in [5.41, 5.74) is 0. The fraction of sp³-hybridized carbons (Fsp3) is 0.533. The molecule has 2 heterocycles. The normalized spacial score (nSPS) is 14.4. The fourth-order valence-corrected chi connectivity index (χ4v) is 3.24. The molecule has 0 bridgehead atoms. The molecule has 0 spiro atoms. The summed E-state index contributed by atoms with van der Waals surface area (Å²) in [5, 5.41) is 8.66. The second-order valence-corrected chi connectivity index (χ2v) is 6.15. The van der Waals surface area contributed by atoms with Crippen LogP contribution in [0.1, 0.15) is 22.6 Å². The maximum absolute atomic E-state index is 12.0. The Bertz CT molecular complexity index is 509. The van der Waals surface area contributed by atoms with E-state index in [1.54, 1.807) is 11.3 Å². The molecule has 5 heteroatoms. The predicted molar refractivity (Wildman–Crippen MR) is 80.4 cm³/mol. The van der Waals surface area contributed by atoms with E-state index in [-0.39, 0.29) is 12.5 Å². The van der Waals surface area contributed by atoms with Crippen molar-refractivity contribution in [2.24, 2.45) is 0 Å². The first-order valence-electron chi connectivity index (χ1n) is 6.84. The molecular weight excluding hydrogens is 272 g/mol. The predicted octanol–water partition coefficient (Wildman–Crippen LogP) is 1.15. The number of likely N-dealkylation sites (N-methyl/N-ethyl adjacent to an activating group) is 1. The Balaban J connectivity index is 1.82. The molecule has 20 heavy (non-hydrogen) atoms. The summed E-state index contributed by atoms with van der Waals surface area (Å²) >= 11 is 1.61. The topological polar surface area (TPSA) is 43.8 Å². The number of nitrogens with zero attached hydrogens (tertiary/aromatic N) is 2. The number of carbonyl (C=O) groups is 1. The third-order valence-electron chi connectivity index (χ3n) is 3.24. The molecule has 0 aliphatic carbocycles. The molecule has 2 rings (SSSR count). The third-order valence-corrected chi connectivity index (χ3v) is 4.23. The van der Waals surface area contributed by atoms with Crippen LogP contribution in [0, 0.1) is 11.8 Å². The molecule has 108 valence electrons. The second-order valence-electron chi connectivity index (χ2n) is 4.99. The molecule has 1 amide bonds. The molecule has 1 aliphatic heterocycles. The number of likely N-dealkylation sites (tertiary alicyclic amines) is 1. The van der Waals surface area contributed by atoms with E-state index in [9.17, 15) is 4.79 Å². The van der Waals surface area contributed by atoms with Crippen molar-refractivity contribution >= 4 is 17.2 Å². The molecule has 1 aromatic heterocycles. The van der Waals surface area contributed by atoms with Gasteiger partial charge in [0, 0.05) is 24.5 Å². The van der Waals surface area contributed by atoms with Crippen molar-refractivity contribution in [3.8, 4) is 11.8 Å². The van der Waals surface area contributed by atoms with Gasteiger partial charge in [0.05, 0.1) is 11.4 Å². The first-order valence-corrected chi connectivity index (χ1v) is 7.65. The summed E-state index contributed by atoms with van der Waals surface area (Å²) in [6.45, 7) is 2.93. The zero-order chi connectivity index (χ0) is 14.4. The van der Waals surface area contributed by atoms with E-state index in [1.807, 2.05) is 29.0 Å². The van der Waals surface area contributed by atoms with Crippen LogP contribution in [-0.4, -0.2) is 54.1 Å². The lowest BCUT2D eigenvalue weighted by atomic mass is 10.4. The Morgan fingerprint density at radius 3 is 2.90 bits per heavy atom. The minimum atomic E-state index is -0.114. The molecule has 1 saturated heterocycles. The molecule has 1 aromatic rings. The van der Waals surface area contributed by atoms with Gasteiger partial charge in [0.25, 0.3) is 0 Å².